The summed E-state index contributed by atoms with van der Waals surface area (Å²) in [6.45, 7) is 2.26. The molecule has 0 saturated heterocycles. The molecule has 0 radical (unpaired) electrons. The fourth-order valence-electron chi connectivity index (χ4n) is 1.84. The van der Waals surface area contributed by atoms with Crippen molar-refractivity contribution in [3.8, 4) is 11.5 Å². The van der Waals surface area contributed by atoms with E-state index in [4.69, 9.17) is 15.2 Å². The number of amides is 2. The molecule has 0 saturated carbocycles. The lowest BCUT2D eigenvalue weighted by Gasteiger charge is -2.18. The molecule has 1 aliphatic rings. The zero-order valence-corrected chi connectivity index (χ0v) is 10.7. The first-order valence-electron chi connectivity index (χ1n) is 6.05. The fraction of sp³-hybridized carbons (Fsp3) is 0.385. The van der Waals surface area contributed by atoms with E-state index in [1.165, 1.54) is 11.8 Å². The van der Waals surface area contributed by atoms with Crippen molar-refractivity contribution in [3.05, 3.63) is 23.8 Å². The molecule has 0 aromatic heterocycles. The molecule has 0 bridgehead atoms. The molecule has 0 atom stereocenters. The van der Waals surface area contributed by atoms with E-state index in [-0.39, 0.29) is 18.6 Å². The molecule has 1 aromatic carbocycles. The molecule has 2 N–H and O–H groups in total. The molecule has 6 nitrogen and oxygen atoms in total. The number of ether oxygens (including phenoxy) is 2. The molecule has 0 aliphatic carbocycles. The third kappa shape index (κ3) is 2.85. The minimum Gasteiger partial charge on any atom is -0.454 e. The Morgan fingerprint density at radius 2 is 2.05 bits per heavy atom. The van der Waals surface area contributed by atoms with Crippen LogP contribution in [-0.4, -0.2) is 36.6 Å². The monoisotopic (exact) mass is 264 g/mol. The summed E-state index contributed by atoms with van der Waals surface area (Å²) in [4.78, 5) is 25.0. The van der Waals surface area contributed by atoms with Crippen molar-refractivity contribution in [1.82, 2.24) is 4.90 Å². The number of hydrogen-bond donors (Lipinski definition) is 1. The summed E-state index contributed by atoms with van der Waals surface area (Å²) in [5.41, 5.74) is 5.80. The molecular weight excluding hydrogens is 248 g/mol. The molecule has 1 aromatic rings. The van der Waals surface area contributed by atoms with Gasteiger partial charge in [-0.3, -0.25) is 14.5 Å². The largest absolute Gasteiger partial charge is 0.454 e. The van der Waals surface area contributed by atoms with Crippen molar-refractivity contribution in [2.45, 2.75) is 13.3 Å². The second-order valence-corrected chi connectivity index (χ2v) is 4.19. The number of imide groups is 1. The molecule has 0 spiro atoms. The van der Waals surface area contributed by atoms with Crippen LogP contribution in [0.1, 0.15) is 23.7 Å². The summed E-state index contributed by atoms with van der Waals surface area (Å²) in [5, 5.41) is 0. The van der Waals surface area contributed by atoms with Gasteiger partial charge in [0.2, 0.25) is 12.7 Å². The summed E-state index contributed by atoms with van der Waals surface area (Å²) in [5.74, 6) is 0.483. The van der Waals surface area contributed by atoms with E-state index in [0.717, 1.165) is 0 Å². The number of benzene rings is 1. The van der Waals surface area contributed by atoms with E-state index < -0.39 is 0 Å². The molecular formula is C13H16N2O4. The van der Waals surface area contributed by atoms with Gasteiger partial charge in [0.05, 0.1) is 0 Å². The van der Waals surface area contributed by atoms with Crippen molar-refractivity contribution < 1.29 is 19.1 Å². The molecule has 0 unspecified atom stereocenters. The van der Waals surface area contributed by atoms with Crippen molar-refractivity contribution >= 4 is 11.8 Å². The number of hydrogen-bond acceptors (Lipinski definition) is 5. The molecule has 2 rings (SSSR count). The molecule has 6 heteroatoms. The van der Waals surface area contributed by atoms with Crippen LogP contribution in [0.15, 0.2) is 18.2 Å². The van der Waals surface area contributed by atoms with Gasteiger partial charge in [-0.15, -0.1) is 0 Å². The Morgan fingerprint density at radius 1 is 1.32 bits per heavy atom. The van der Waals surface area contributed by atoms with Crippen LogP contribution in [0.5, 0.6) is 11.5 Å². The maximum Gasteiger partial charge on any atom is 0.260 e. The maximum atomic E-state index is 12.3. The summed E-state index contributed by atoms with van der Waals surface area (Å²) >= 11 is 0. The van der Waals surface area contributed by atoms with E-state index in [0.29, 0.717) is 36.6 Å². The van der Waals surface area contributed by atoms with Crippen LogP contribution < -0.4 is 15.2 Å². The highest BCUT2D eigenvalue weighted by Gasteiger charge is 2.22. The Bertz CT molecular complexity index is 501. The van der Waals surface area contributed by atoms with Crippen molar-refractivity contribution in [2.75, 3.05) is 19.9 Å². The van der Waals surface area contributed by atoms with Crippen molar-refractivity contribution in [1.29, 1.82) is 0 Å². The normalized spacial score (nSPS) is 12.3. The van der Waals surface area contributed by atoms with Crippen LogP contribution in [-0.2, 0) is 4.79 Å². The van der Waals surface area contributed by atoms with Crippen molar-refractivity contribution in [3.63, 3.8) is 0 Å². The van der Waals surface area contributed by atoms with E-state index >= 15 is 0 Å². The Morgan fingerprint density at radius 3 is 2.74 bits per heavy atom. The topological polar surface area (TPSA) is 81.9 Å². The average Bonchev–Trinajstić information content (AvgIpc) is 2.85. The third-order valence-corrected chi connectivity index (χ3v) is 2.83. The lowest BCUT2D eigenvalue weighted by molar-refractivity contribution is -0.126. The number of rotatable bonds is 4. The number of nitrogens with zero attached hydrogens (tertiary/aromatic N) is 1. The maximum absolute atomic E-state index is 12.3. The first kappa shape index (κ1) is 13.4. The van der Waals surface area contributed by atoms with Crippen LogP contribution in [0.25, 0.3) is 0 Å². The number of carbonyl (C=O) groups is 2. The Labute approximate surface area is 111 Å². The lowest BCUT2D eigenvalue weighted by Crippen LogP contribution is -2.36. The molecule has 2 amide bonds. The van der Waals surface area contributed by atoms with E-state index in [1.807, 2.05) is 0 Å². The lowest BCUT2D eigenvalue weighted by atomic mass is 10.1. The predicted octanol–water partition coefficient (Wildman–Crippen LogP) is 0.753. The number of carbonyl (C=O) groups excluding carboxylic acids is 2. The molecule has 0 fully saturated rings. The smallest absolute Gasteiger partial charge is 0.260 e. The zero-order chi connectivity index (χ0) is 13.8. The number of nitrogens with two attached hydrogens (primary N) is 1. The van der Waals surface area contributed by atoms with Crippen LogP contribution in [0.3, 0.4) is 0 Å². The molecule has 1 heterocycles. The second kappa shape index (κ2) is 5.71. The molecule has 102 valence electrons. The minimum absolute atomic E-state index is 0.149. The van der Waals surface area contributed by atoms with E-state index in [2.05, 4.69) is 0 Å². The van der Waals surface area contributed by atoms with Gasteiger partial charge in [-0.25, -0.2) is 0 Å². The number of fused-ring (bicyclic) bond motifs is 1. The van der Waals surface area contributed by atoms with Gasteiger partial charge in [-0.05, 0) is 31.2 Å². The van der Waals surface area contributed by atoms with Crippen molar-refractivity contribution in [2.24, 2.45) is 5.73 Å². The Kier molecular flexibility index (Phi) is 4.01. The minimum atomic E-state index is -0.348. The van der Waals surface area contributed by atoms with Gasteiger partial charge in [0.25, 0.3) is 5.91 Å². The van der Waals surface area contributed by atoms with E-state index in [1.54, 1.807) is 18.2 Å². The first-order valence-corrected chi connectivity index (χ1v) is 6.05. The molecule has 1 aliphatic heterocycles. The van der Waals surface area contributed by atoms with Gasteiger partial charge in [-0.2, -0.15) is 0 Å². The van der Waals surface area contributed by atoms with E-state index in [9.17, 15) is 9.59 Å². The van der Waals surface area contributed by atoms with Crippen LogP contribution in [0.2, 0.25) is 0 Å². The van der Waals surface area contributed by atoms with Gasteiger partial charge in [0, 0.05) is 19.0 Å². The summed E-state index contributed by atoms with van der Waals surface area (Å²) in [7, 11) is 0. The Hall–Kier alpha value is -2.08. The van der Waals surface area contributed by atoms with Gasteiger partial charge in [0.1, 0.15) is 0 Å². The summed E-state index contributed by atoms with van der Waals surface area (Å²) in [6.07, 6.45) is 0.579. The highest BCUT2D eigenvalue weighted by Crippen LogP contribution is 2.32. The quantitative estimate of drug-likeness (QED) is 0.868. The third-order valence-electron chi connectivity index (χ3n) is 2.83. The second-order valence-electron chi connectivity index (χ2n) is 4.19. The molecule has 19 heavy (non-hydrogen) atoms. The highest BCUT2D eigenvalue weighted by molar-refractivity contribution is 6.04. The summed E-state index contributed by atoms with van der Waals surface area (Å²) < 4.78 is 10.4. The van der Waals surface area contributed by atoms with Crippen LogP contribution >= 0.6 is 0 Å². The SMILES string of the molecule is CC(=O)N(CCCN)C(=O)c1ccc2c(c1)OCO2. The standard InChI is InChI=1S/C13H16N2O4/c1-9(16)15(6-2-5-14)13(17)10-3-4-11-12(7-10)19-8-18-11/h3-4,7H,2,5-6,8,14H2,1H3. The predicted molar refractivity (Wildman–Crippen MR) is 68.0 cm³/mol. The zero-order valence-electron chi connectivity index (χ0n) is 10.7. The van der Waals surface area contributed by atoms with Gasteiger partial charge in [0.15, 0.2) is 11.5 Å². The average molecular weight is 264 g/mol. The highest BCUT2D eigenvalue weighted by atomic mass is 16.7. The Balaban J connectivity index is 2.19. The van der Waals surface area contributed by atoms with Gasteiger partial charge >= 0.3 is 0 Å². The van der Waals surface area contributed by atoms with Crippen LogP contribution in [0.4, 0.5) is 0 Å². The first-order chi connectivity index (χ1) is 9.13. The van der Waals surface area contributed by atoms with Gasteiger partial charge in [-0.1, -0.05) is 0 Å². The van der Waals surface area contributed by atoms with Crippen LogP contribution in [0, 0.1) is 0 Å². The fourth-order valence-corrected chi connectivity index (χ4v) is 1.84. The van der Waals surface area contributed by atoms with Gasteiger partial charge < -0.3 is 15.2 Å². The summed E-state index contributed by atoms with van der Waals surface area (Å²) in [6, 6.07) is 4.87.